The summed E-state index contributed by atoms with van der Waals surface area (Å²) >= 11 is 0. The van der Waals surface area contributed by atoms with Gasteiger partial charge in [-0.1, -0.05) is 218 Å². The first-order valence-corrected chi connectivity index (χ1v) is 20.0. The smallest absolute Gasteiger partial charge is 0.155 e. The van der Waals surface area contributed by atoms with E-state index in [1.54, 1.807) is 24.3 Å². The second-order valence-electron chi connectivity index (χ2n) is 13.7. The van der Waals surface area contributed by atoms with E-state index in [0.717, 1.165) is 29.4 Å². The molecule has 4 heteroatoms. The number of carbonyl (C=O) groups excluding carboxylic acids is 2. The molecule has 2 N–H and O–H groups in total. The fourth-order valence-electron chi connectivity index (χ4n) is 6.28. The van der Waals surface area contributed by atoms with Gasteiger partial charge in [0, 0.05) is 6.42 Å². The molecule has 3 unspecified atom stereocenters. The average molecular weight is 771 g/mol. The number of ketones is 1. The van der Waals surface area contributed by atoms with Crippen molar-refractivity contribution in [3.8, 4) is 0 Å². The van der Waals surface area contributed by atoms with E-state index >= 15 is 0 Å². The van der Waals surface area contributed by atoms with Crippen LogP contribution >= 0.6 is 0 Å². The second kappa shape index (κ2) is 34.1. The minimum absolute atomic E-state index is 0. The number of aldehydes is 1. The molecule has 4 nitrogen and oxygen atoms in total. The Morgan fingerprint density at radius 2 is 1.39 bits per heavy atom. The Bertz CT molecular complexity index is 1650. The van der Waals surface area contributed by atoms with E-state index in [1.807, 2.05) is 116 Å². The van der Waals surface area contributed by atoms with E-state index in [2.05, 4.69) is 57.9 Å². The lowest BCUT2D eigenvalue weighted by Gasteiger charge is -2.43. The molecule has 0 heterocycles. The molecule has 2 aromatic carbocycles. The van der Waals surface area contributed by atoms with Gasteiger partial charge in [0.15, 0.2) is 5.78 Å². The molecule has 1 saturated carbocycles. The topological polar surface area (TPSA) is 74.6 Å². The van der Waals surface area contributed by atoms with Crippen LogP contribution in [0.4, 0.5) is 0 Å². The summed E-state index contributed by atoms with van der Waals surface area (Å²) in [6.45, 7) is 17.6. The SMILES string of the molecule is C.C=C/C=C/C1=CC=CCC1.C=C/C=C\C=C/C/C=C/C(=O)CC1C[C@H](CC(=C)/C=C/c2ccccc2)C(O)C(O)[C@@H]1CC.CCC.O=C/C=C/c1ccccc1. The highest BCUT2D eigenvalue weighted by Gasteiger charge is 2.42. The van der Waals surface area contributed by atoms with Gasteiger partial charge in [-0.05, 0) is 78.7 Å². The van der Waals surface area contributed by atoms with Gasteiger partial charge in [0.25, 0.3) is 0 Å². The molecule has 4 rings (SSSR count). The van der Waals surface area contributed by atoms with Gasteiger partial charge < -0.3 is 10.2 Å². The molecule has 1 fully saturated rings. The average Bonchev–Trinajstić information content (AvgIpc) is 3.22. The number of carbonyl (C=O) groups is 2. The Labute approximate surface area is 346 Å². The van der Waals surface area contributed by atoms with E-state index in [4.69, 9.17) is 0 Å². The van der Waals surface area contributed by atoms with E-state index < -0.39 is 12.2 Å². The summed E-state index contributed by atoms with van der Waals surface area (Å²) in [7, 11) is 0. The maximum Gasteiger partial charge on any atom is 0.155 e. The largest absolute Gasteiger partial charge is 0.390 e. The molecule has 5 atom stereocenters. The third-order valence-electron chi connectivity index (χ3n) is 8.98. The summed E-state index contributed by atoms with van der Waals surface area (Å²) in [6.07, 6.45) is 38.3. The van der Waals surface area contributed by atoms with Gasteiger partial charge in [-0.3, -0.25) is 9.59 Å². The third-order valence-corrected chi connectivity index (χ3v) is 8.98. The zero-order chi connectivity index (χ0) is 41.2. The minimum atomic E-state index is -0.819. The Hall–Kier alpha value is -5.16. The first kappa shape index (κ1) is 51.8. The van der Waals surface area contributed by atoms with Crippen LogP contribution < -0.4 is 0 Å². The molecular weight excluding hydrogens is 701 g/mol. The lowest BCUT2D eigenvalue weighted by atomic mass is 9.66. The van der Waals surface area contributed by atoms with Crippen molar-refractivity contribution < 1.29 is 19.8 Å². The fourth-order valence-corrected chi connectivity index (χ4v) is 6.28. The summed E-state index contributed by atoms with van der Waals surface area (Å²) in [4.78, 5) is 22.5. The first-order valence-electron chi connectivity index (χ1n) is 20.0. The number of allylic oxidation sites excluding steroid dienone is 17. The normalized spacial score (nSPS) is 20.2. The van der Waals surface area contributed by atoms with Crippen LogP contribution in [0.3, 0.4) is 0 Å². The van der Waals surface area contributed by atoms with E-state index in [0.29, 0.717) is 25.7 Å². The van der Waals surface area contributed by atoms with Crippen LogP contribution in [-0.2, 0) is 9.59 Å². The van der Waals surface area contributed by atoms with Crippen LogP contribution in [0.1, 0.15) is 90.7 Å². The summed E-state index contributed by atoms with van der Waals surface area (Å²) < 4.78 is 0. The van der Waals surface area contributed by atoms with Gasteiger partial charge >= 0.3 is 0 Å². The molecular formula is C53H70O4. The van der Waals surface area contributed by atoms with Gasteiger partial charge in [-0.15, -0.1) is 0 Å². The summed E-state index contributed by atoms with van der Waals surface area (Å²) in [5, 5.41) is 21.5. The molecule has 0 aromatic heterocycles. The third kappa shape index (κ3) is 24.2. The van der Waals surface area contributed by atoms with Gasteiger partial charge in [-0.2, -0.15) is 0 Å². The summed E-state index contributed by atoms with van der Waals surface area (Å²) in [5.41, 5.74) is 4.44. The Morgan fingerprint density at radius 3 is 1.95 bits per heavy atom. The predicted molar refractivity (Wildman–Crippen MR) is 249 cm³/mol. The predicted octanol–water partition coefficient (Wildman–Crippen LogP) is 13.2. The van der Waals surface area contributed by atoms with Gasteiger partial charge in [0.2, 0.25) is 0 Å². The van der Waals surface area contributed by atoms with Crippen molar-refractivity contribution in [2.45, 2.75) is 91.8 Å². The van der Waals surface area contributed by atoms with Crippen LogP contribution in [0, 0.1) is 17.8 Å². The molecule has 2 aromatic rings. The number of rotatable bonds is 16. The van der Waals surface area contributed by atoms with Crippen LogP contribution in [0.2, 0.25) is 0 Å². The molecule has 306 valence electrons. The van der Waals surface area contributed by atoms with Crippen molar-refractivity contribution in [2.24, 2.45) is 17.8 Å². The Morgan fingerprint density at radius 1 is 0.754 bits per heavy atom. The molecule has 0 bridgehead atoms. The number of aliphatic hydroxyl groups is 2. The van der Waals surface area contributed by atoms with Crippen molar-refractivity contribution in [1.82, 2.24) is 0 Å². The molecule has 0 saturated heterocycles. The Kier molecular flexibility index (Phi) is 31.0. The molecule has 57 heavy (non-hydrogen) atoms. The number of benzene rings is 2. The van der Waals surface area contributed by atoms with E-state index in [-0.39, 0.29) is 31.0 Å². The maximum absolute atomic E-state index is 12.6. The molecule has 0 radical (unpaired) electrons. The zero-order valence-electron chi connectivity index (χ0n) is 34.0. The van der Waals surface area contributed by atoms with Crippen molar-refractivity contribution in [1.29, 1.82) is 0 Å². The van der Waals surface area contributed by atoms with Crippen LogP contribution in [0.25, 0.3) is 12.2 Å². The van der Waals surface area contributed by atoms with Crippen LogP contribution in [-0.4, -0.2) is 34.5 Å². The monoisotopic (exact) mass is 771 g/mol. The van der Waals surface area contributed by atoms with Crippen LogP contribution in [0.5, 0.6) is 0 Å². The number of aliphatic hydroxyl groups excluding tert-OH is 2. The molecule has 0 spiro atoms. The van der Waals surface area contributed by atoms with Crippen molar-refractivity contribution in [3.05, 3.63) is 194 Å². The lowest BCUT2D eigenvalue weighted by Crippen LogP contribution is -2.48. The highest BCUT2D eigenvalue weighted by molar-refractivity contribution is 5.89. The van der Waals surface area contributed by atoms with Crippen molar-refractivity contribution >= 4 is 24.2 Å². The standard InChI is InChI=1S/C30H38O3.C10H12.C9H8O.C3H8.CH4/c1-4-6-7-8-9-10-14-17-27(31)22-25-21-26(29(32)30(33)28(25)5-2)20-23(3)18-19-24-15-12-11-13-16-24;1-2-3-7-10-8-5-4-6-9-10;10-8-4-7-9-5-2-1-3-6-9;1-3-2;/h4,6-9,11-19,25-26,28-30,32-33H,1,3,5,10,20-22H2,2H3;2-5,7-8H,1,6,9H2;1-8H;3H2,1-2H3;1H4/b7-6-,9-8-,17-14+,19-18+;7-3+;7-4+;;/t25?,26-,28+,29?,30?;;;;/m0..../s1. The van der Waals surface area contributed by atoms with Gasteiger partial charge in [-0.25, -0.2) is 0 Å². The second-order valence-corrected chi connectivity index (χ2v) is 13.7. The van der Waals surface area contributed by atoms with Crippen molar-refractivity contribution in [3.63, 3.8) is 0 Å². The fraction of sp³-hybridized carbons (Fsp3) is 0.321. The molecule has 0 amide bonds. The minimum Gasteiger partial charge on any atom is -0.390 e. The first-order chi connectivity index (χ1) is 27.2. The highest BCUT2D eigenvalue weighted by Crippen LogP contribution is 2.41. The van der Waals surface area contributed by atoms with Crippen LogP contribution in [0.15, 0.2) is 183 Å². The number of hydrogen-bond donors (Lipinski definition) is 2. The van der Waals surface area contributed by atoms with E-state index in [9.17, 15) is 19.8 Å². The Balaban J connectivity index is 0.00000105. The van der Waals surface area contributed by atoms with Gasteiger partial charge in [0.1, 0.15) is 6.29 Å². The van der Waals surface area contributed by atoms with Gasteiger partial charge in [0.05, 0.1) is 12.2 Å². The summed E-state index contributed by atoms with van der Waals surface area (Å²) in [5.74, 6) is -0.0751. The quantitative estimate of drug-likeness (QED) is 0.101. The number of hydrogen-bond acceptors (Lipinski definition) is 4. The molecule has 2 aliphatic rings. The van der Waals surface area contributed by atoms with Crippen molar-refractivity contribution in [2.75, 3.05) is 0 Å². The van der Waals surface area contributed by atoms with E-state index in [1.165, 1.54) is 30.9 Å². The lowest BCUT2D eigenvalue weighted by molar-refractivity contribution is -0.123. The molecule has 2 aliphatic carbocycles. The molecule has 0 aliphatic heterocycles. The maximum atomic E-state index is 12.6. The zero-order valence-corrected chi connectivity index (χ0v) is 34.0. The highest BCUT2D eigenvalue weighted by atomic mass is 16.3. The summed E-state index contributed by atoms with van der Waals surface area (Å²) in [6, 6.07) is 19.7.